The molecule has 3 fully saturated rings. The number of aliphatic hydroxyl groups excluding tert-OH is 2. The van der Waals surface area contributed by atoms with Crippen LogP contribution in [0.2, 0.25) is 0 Å². The zero-order valence-electron chi connectivity index (χ0n) is 21.6. The van der Waals surface area contributed by atoms with E-state index in [0.717, 1.165) is 24.2 Å². The van der Waals surface area contributed by atoms with Gasteiger partial charge in [0.15, 0.2) is 0 Å². The zero-order chi connectivity index (χ0) is 24.1. The topological polar surface area (TPSA) is 40.5 Å². The van der Waals surface area contributed by atoms with E-state index in [4.69, 9.17) is 5.11 Å². The van der Waals surface area contributed by atoms with Crippen LogP contribution in [0.3, 0.4) is 0 Å². The van der Waals surface area contributed by atoms with Crippen LogP contribution in [-0.4, -0.2) is 21.8 Å². The summed E-state index contributed by atoms with van der Waals surface area (Å²) in [5, 5.41) is 17.1. The molecule has 0 saturated heterocycles. The Labute approximate surface area is 207 Å². The number of alkyl halides is 1. The Kier molecular flexibility index (Phi) is 14.4. The first-order valence-electron chi connectivity index (χ1n) is 13.3. The molecule has 0 spiro atoms. The predicted octanol–water partition coefficient (Wildman–Crippen LogP) is 8.73. The van der Waals surface area contributed by atoms with E-state index >= 15 is 0 Å². The summed E-state index contributed by atoms with van der Waals surface area (Å²) in [6.07, 6.45) is 20.2. The van der Waals surface area contributed by atoms with Gasteiger partial charge in [-0.15, -0.1) is 0 Å². The molecule has 4 unspecified atom stereocenters. The van der Waals surface area contributed by atoms with E-state index in [0.29, 0.717) is 5.41 Å². The maximum Gasteiger partial charge on any atom is 0.0980 e. The average Bonchev–Trinajstić information content (AvgIpc) is 3.12. The molecule has 3 aliphatic carbocycles. The summed E-state index contributed by atoms with van der Waals surface area (Å²) in [7, 11) is 0. The molecule has 0 heterocycles. The van der Waals surface area contributed by atoms with Crippen LogP contribution in [-0.2, 0) is 0 Å². The van der Waals surface area contributed by atoms with E-state index in [2.05, 4.69) is 48.5 Å². The molecule has 0 aromatic rings. The molecule has 0 aliphatic heterocycles. The van der Waals surface area contributed by atoms with Crippen molar-refractivity contribution in [3.05, 3.63) is 35.5 Å². The molecule has 3 aliphatic rings. The Morgan fingerprint density at radius 1 is 1.06 bits per heavy atom. The summed E-state index contributed by atoms with van der Waals surface area (Å²) in [4.78, 5) is 0. The minimum absolute atomic E-state index is 0.0625. The summed E-state index contributed by atoms with van der Waals surface area (Å²) in [6.45, 7) is 15.3. The standard InChI is InChI=1S/C26H42O.C2H6.CH3BrO/c1-19-9-5-6-12-22(19)14-15-23-13-8-18-26(4)24(16-17-25(23)26)20(2)10-7-11-21(3)27;1-2;2-1-3/h14-15,20-21,24-25,27H,1,5-13,16-18H2,2-4H3;1-2H3;3H,1H2/b22-14-,23-15+;;/t20-,21?,24?,25?,26?;;/m1../s1. The third kappa shape index (κ3) is 8.44. The Balaban J connectivity index is 0.000000944. The minimum Gasteiger partial charge on any atom is -0.393 e. The Morgan fingerprint density at radius 3 is 2.34 bits per heavy atom. The lowest BCUT2D eigenvalue weighted by molar-refractivity contribution is 0.0907. The number of hydrogen-bond acceptors (Lipinski definition) is 2. The third-order valence-electron chi connectivity index (χ3n) is 8.13. The van der Waals surface area contributed by atoms with Crippen molar-refractivity contribution in [1.82, 2.24) is 0 Å². The molecule has 32 heavy (non-hydrogen) atoms. The van der Waals surface area contributed by atoms with Crippen molar-refractivity contribution in [3.8, 4) is 0 Å². The first-order chi connectivity index (χ1) is 15.3. The van der Waals surface area contributed by atoms with Crippen LogP contribution in [0.4, 0.5) is 0 Å². The Bertz CT molecular complexity index is 606. The predicted molar refractivity (Wildman–Crippen MR) is 144 cm³/mol. The van der Waals surface area contributed by atoms with Crippen LogP contribution >= 0.6 is 15.9 Å². The first-order valence-corrected chi connectivity index (χ1v) is 14.4. The maximum absolute atomic E-state index is 9.57. The number of hydrogen-bond donors (Lipinski definition) is 2. The van der Waals surface area contributed by atoms with E-state index < -0.39 is 0 Å². The number of rotatable bonds is 6. The van der Waals surface area contributed by atoms with E-state index in [1.165, 1.54) is 81.8 Å². The third-order valence-corrected chi connectivity index (χ3v) is 8.13. The van der Waals surface area contributed by atoms with E-state index in [-0.39, 0.29) is 11.6 Å². The molecular formula is C29H51BrO2. The fraction of sp³-hybridized carbons (Fsp3) is 0.793. The highest BCUT2D eigenvalue weighted by atomic mass is 79.9. The second-order valence-corrected chi connectivity index (χ2v) is 10.7. The zero-order valence-corrected chi connectivity index (χ0v) is 23.2. The number of halogens is 1. The van der Waals surface area contributed by atoms with Gasteiger partial charge in [-0.1, -0.05) is 86.3 Å². The van der Waals surface area contributed by atoms with Crippen molar-refractivity contribution < 1.29 is 10.2 Å². The van der Waals surface area contributed by atoms with E-state index in [1.54, 1.807) is 5.57 Å². The van der Waals surface area contributed by atoms with Crippen molar-refractivity contribution in [3.63, 3.8) is 0 Å². The monoisotopic (exact) mass is 510 g/mol. The van der Waals surface area contributed by atoms with Gasteiger partial charge in [-0.2, -0.15) is 0 Å². The van der Waals surface area contributed by atoms with Crippen molar-refractivity contribution in [1.29, 1.82) is 0 Å². The van der Waals surface area contributed by atoms with Gasteiger partial charge < -0.3 is 10.2 Å². The fourth-order valence-electron chi connectivity index (χ4n) is 6.55. The van der Waals surface area contributed by atoms with Crippen LogP contribution in [0, 0.1) is 23.2 Å². The summed E-state index contributed by atoms with van der Waals surface area (Å²) >= 11 is 2.70. The Morgan fingerprint density at radius 2 is 1.72 bits per heavy atom. The van der Waals surface area contributed by atoms with Gasteiger partial charge in [0.25, 0.3) is 0 Å². The van der Waals surface area contributed by atoms with Gasteiger partial charge in [-0.25, -0.2) is 0 Å². The smallest absolute Gasteiger partial charge is 0.0980 e. The van der Waals surface area contributed by atoms with Gasteiger partial charge >= 0.3 is 0 Å². The summed E-state index contributed by atoms with van der Waals surface area (Å²) in [5.41, 5.74) is 5.19. The molecule has 0 aromatic carbocycles. The maximum atomic E-state index is 9.57. The molecule has 3 heteroatoms. The normalized spacial score (nSPS) is 31.8. The van der Waals surface area contributed by atoms with Crippen LogP contribution in [0.1, 0.15) is 112 Å². The molecule has 0 bridgehead atoms. The minimum atomic E-state index is -0.143. The number of aliphatic hydroxyl groups is 2. The molecular weight excluding hydrogens is 460 g/mol. The van der Waals surface area contributed by atoms with Gasteiger partial charge in [0.2, 0.25) is 0 Å². The lowest BCUT2D eigenvalue weighted by Gasteiger charge is -2.44. The van der Waals surface area contributed by atoms with Crippen molar-refractivity contribution in [2.24, 2.45) is 23.2 Å². The van der Waals surface area contributed by atoms with Crippen molar-refractivity contribution in [2.45, 2.75) is 118 Å². The summed E-state index contributed by atoms with van der Waals surface area (Å²) < 4.78 is 0. The largest absolute Gasteiger partial charge is 0.393 e. The number of allylic oxidation sites excluding steroid dienone is 5. The van der Waals surface area contributed by atoms with Gasteiger partial charge in [-0.05, 0) is 99.9 Å². The van der Waals surface area contributed by atoms with Crippen LogP contribution < -0.4 is 0 Å². The first kappa shape index (κ1) is 29.7. The molecule has 0 radical (unpaired) electrons. The lowest BCUT2D eigenvalue weighted by Crippen LogP contribution is -2.36. The van der Waals surface area contributed by atoms with Gasteiger partial charge in [0.05, 0.1) is 11.6 Å². The average molecular weight is 512 g/mol. The van der Waals surface area contributed by atoms with Crippen LogP contribution in [0.25, 0.3) is 0 Å². The van der Waals surface area contributed by atoms with E-state index in [9.17, 15) is 5.11 Å². The molecule has 2 N–H and O–H groups in total. The quantitative estimate of drug-likeness (QED) is 0.350. The molecule has 3 saturated carbocycles. The lowest BCUT2D eigenvalue weighted by atomic mass is 9.60. The summed E-state index contributed by atoms with van der Waals surface area (Å²) in [6, 6.07) is 0. The highest BCUT2D eigenvalue weighted by molar-refractivity contribution is 9.09. The van der Waals surface area contributed by atoms with E-state index in [1.807, 2.05) is 20.8 Å². The second kappa shape index (κ2) is 15.5. The van der Waals surface area contributed by atoms with Gasteiger partial charge in [0.1, 0.15) is 0 Å². The molecule has 186 valence electrons. The summed E-state index contributed by atoms with van der Waals surface area (Å²) in [5.74, 6) is 2.44. The van der Waals surface area contributed by atoms with Crippen molar-refractivity contribution in [2.75, 3.05) is 5.52 Å². The van der Waals surface area contributed by atoms with Crippen molar-refractivity contribution >= 4 is 15.9 Å². The van der Waals surface area contributed by atoms with Crippen LogP contribution in [0.15, 0.2) is 35.5 Å². The highest BCUT2D eigenvalue weighted by Crippen LogP contribution is 2.59. The fourth-order valence-corrected chi connectivity index (χ4v) is 6.55. The van der Waals surface area contributed by atoms with Gasteiger partial charge in [-0.3, -0.25) is 0 Å². The molecule has 5 atom stereocenters. The Hall–Kier alpha value is -0.380. The molecule has 3 rings (SSSR count). The number of fused-ring (bicyclic) bond motifs is 1. The molecule has 0 aromatic heterocycles. The highest BCUT2D eigenvalue weighted by Gasteiger charge is 2.50. The SMILES string of the molecule is C=C1CCCC/C1=C/C=C1\CCCC2(C)C1CCC2[C@H](C)CCCC(C)O.CC.OCBr. The van der Waals surface area contributed by atoms with Gasteiger partial charge in [0, 0.05) is 0 Å². The molecule has 2 nitrogen and oxygen atoms in total. The molecule has 0 amide bonds. The van der Waals surface area contributed by atoms with Crippen LogP contribution in [0.5, 0.6) is 0 Å². The second-order valence-electron chi connectivity index (χ2n) is 10.2.